The molecule has 0 spiro atoms. The third-order valence-corrected chi connectivity index (χ3v) is 4.26. The minimum atomic E-state index is -3.23. The molecule has 2 rings (SSSR count). The normalized spacial score (nSPS) is 23.4. The van der Waals surface area contributed by atoms with Gasteiger partial charge in [0.05, 0.1) is 11.9 Å². The average Bonchev–Trinajstić information content (AvgIpc) is 2.34. The van der Waals surface area contributed by atoms with Gasteiger partial charge in [-0.15, -0.1) is 0 Å². The maximum atomic E-state index is 11.2. The van der Waals surface area contributed by atoms with E-state index in [0.717, 1.165) is 43.2 Å². The van der Waals surface area contributed by atoms with Crippen molar-refractivity contribution in [3.05, 3.63) is 23.8 Å². The highest BCUT2D eigenvalue weighted by Crippen LogP contribution is 2.24. The number of hydrogen-bond donors (Lipinski definition) is 3. The Morgan fingerprint density at radius 2 is 1.85 bits per heavy atom. The Bertz CT molecular complexity index is 564. The van der Waals surface area contributed by atoms with Gasteiger partial charge in [0.15, 0.2) is 0 Å². The Morgan fingerprint density at radius 3 is 2.40 bits per heavy atom. The van der Waals surface area contributed by atoms with Gasteiger partial charge in [-0.2, -0.15) is 0 Å². The van der Waals surface area contributed by atoms with Crippen LogP contribution in [0.1, 0.15) is 31.2 Å². The van der Waals surface area contributed by atoms with Crippen LogP contribution in [0, 0.1) is 6.92 Å². The van der Waals surface area contributed by atoms with Crippen molar-refractivity contribution in [2.45, 2.75) is 44.7 Å². The molecule has 20 heavy (non-hydrogen) atoms. The summed E-state index contributed by atoms with van der Waals surface area (Å²) < 4.78 is 25.0. The molecule has 1 aliphatic rings. The van der Waals surface area contributed by atoms with Crippen LogP contribution in [0.2, 0.25) is 0 Å². The molecule has 0 unspecified atom stereocenters. The molecule has 0 aromatic heterocycles. The third-order valence-electron chi connectivity index (χ3n) is 3.66. The standard InChI is InChI=1S/C14H23N3O2S/c1-10-9-13(7-8-14(10)17-20(2,18)19)16-12-5-3-11(15)4-6-12/h7-9,11-12,16-17H,3-6,15H2,1-2H3. The van der Waals surface area contributed by atoms with Crippen molar-refractivity contribution in [2.75, 3.05) is 16.3 Å². The largest absolute Gasteiger partial charge is 0.382 e. The van der Waals surface area contributed by atoms with Gasteiger partial charge in [0.25, 0.3) is 0 Å². The van der Waals surface area contributed by atoms with Crippen LogP contribution >= 0.6 is 0 Å². The number of sulfonamides is 1. The van der Waals surface area contributed by atoms with Crippen LogP contribution in [0.4, 0.5) is 11.4 Å². The zero-order valence-electron chi connectivity index (χ0n) is 12.0. The molecule has 0 radical (unpaired) electrons. The molecule has 4 N–H and O–H groups in total. The monoisotopic (exact) mass is 297 g/mol. The zero-order chi connectivity index (χ0) is 14.8. The van der Waals surface area contributed by atoms with Crippen LogP contribution in [0.5, 0.6) is 0 Å². The van der Waals surface area contributed by atoms with Crippen molar-refractivity contribution in [2.24, 2.45) is 5.73 Å². The number of aryl methyl sites for hydroxylation is 1. The summed E-state index contributed by atoms with van der Waals surface area (Å²) in [7, 11) is -3.23. The van der Waals surface area contributed by atoms with Crippen LogP contribution in [0.15, 0.2) is 18.2 Å². The molecule has 1 saturated carbocycles. The highest BCUT2D eigenvalue weighted by atomic mass is 32.2. The van der Waals surface area contributed by atoms with E-state index in [1.165, 1.54) is 0 Å². The fourth-order valence-electron chi connectivity index (χ4n) is 2.57. The van der Waals surface area contributed by atoms with E-state index in [4.69, 9.17) is 5.73 Å². The number of rotatable bonds is 4. The van der Waals surface area contributed by atoms with Crippen molar-refractivity contribution in [3.8, 4) is 0 Å². The molecular weight excluding hydrogens is 274 g/mol. The van der Waals surface area contributed by atoms with Crippen molar-refractivity contribution in [1.82, 2.24) is 0 Å². The van der Waals surface area contributed by atoms with Gasteiger partial charge < -0.3 is 11.1 Å². The molecule has 5 nitrogen and oxygen atoms in total. The van der Waals surface area contributed by atoms with Crippen molar-refractivity contribution < 1.29 is 8.42 Å². The molecule has 1 aromatic carbocycles. The molecule has 1 fully saturated rings. The van der Waals surface area contributed by atoms with Crippen LogP contribution in [0.3, 0.4) is 0 Å². The molecule has 6 heteroatoms. The maximum absolute atomic E-state index is 11.2. The molecule has 0 aliphatic heterocycles. The summed E-state index contributed by atoms with van der Waals surface area (Å²) in [5.74, 6) is 0. The van der Waals surface area contributed by atoms with E-state index in [0.29, 0.717) is 17.8 Å². The number of anilines is 2. The van der Waals surface area contributed by atoms with E-state index in [2.05, 4.69) is 10.0 Å². The van der Waals surface area contributed by atoms with E-state index in [1.807, 2.05) is 19.1 Å². The fourth-order valence-corrected chi connectivity index (χ4v) is 3.20. The Labute approximate surface area is 121 Å². The summed E-state index contributed by atoms with van der Waals surface area (Å²) in [6.07, 6.45) is 5.45. The molecule has 0 saturated heterocycles. The molecule has 0 bridgehead atoms. The third kappa shape index (κ3) is 4.38. The van der Waals surface area contributed by atoms with Gasteiger partial charge >= 0.3 is 0 Å². The molecule has 1 aromatic rings. The summed E-state index contributed by atoms with van der Waals surface area (Å²) in [6.45, 7) is 1.90. The van der Waals surface area contributed by atoms with Gasteiger partial charge in [0.1, 0.15) is 0 Å². The lowest BCUT2D eigenvalue weighted by Crippen LogP contribution is -2.32. The lowest BCUT2D eigenvalue weighted by atomic mass is 9.91. The van der Waals surface area contributed by atoms with Crippen LogP contribution in [-0.2, 0) is 10.0 Å². The summed E-state index contributed by atoms with van der Waals surface area (Å²) in [5.41, 5.74) is 8.47. The van der Waals surface area contributed by atoms with Crippen LogP contribution in [0.25, 0.3) is 0 Å². The number of nitrogens with one attached hydrogen (secondary N) is 2. The fraction of sp³-hybridized carbons (Fsp3) is 0.571. The van der Waals surface area contributed by atoms with Crippen molar-refractivity contribution in [1.29, 1.82) is 0 Å². The molecule has 1 aliphatic carbocycles. The van der Waals surface area contributed by atoms with Crippen LogP contribution < -0.4 is 15.8 Å². The van der Waals surface area contributed by atoms with Crippen molar-refractivity contribution in [3.63, 3.8) is 0 Å². The van der Waals surface area contributed by atoms with Gasteiger partial charge in [-0.25, -0.2) is 8.42 Å². The quantitative estimate of drug-likeness (QED) is 0.794. The van der Waals surface area contributed by atoms with E-state index in [1.54, 1.807) is 6.07 Å². The Balaban J connectivity index is 2.02. The number of benzene rings is 1. The topological polar surface area (TPSA) is 84.2 Å². The lowest BCUT2D eigenvalue weighted by molar-refractivity contribution is 0.411. The van der Waals surface area contributed by atoms with Crippen LogP contribution in [-0.4, -0.2) is 26.8 Å². The van der Waals surface area contributed by atoms with E-state index in [9.17, 15) is 8.42 Å². The van der Waals surface area contributed by atoms with Gasteiger partial charge in [-0.3, -0.25) is 4.72 Å². The Morgan fingerprint density at radius 1 is 1.20 bits per heavy atom. The Hall–Kier alpha value is -1.27. The zero-order valence-corrected chi connectivity index (χ0v) is 12.8. The predicted octanol–water partition coefficient (Wildman–Crippen LogP) is 2.05. The molecule has 0 atom stereocenters. The first-order chi connectivity index (χ1) is 9.33. The smallest absolute Gasteiger partial charge is 0.229 e. The molecule has 0 heterocycles. The SMILES string of the molecule is Cc1cc(NC2CCC(N)CC2)ccc1NS(C)(=O)=O. The van der Waals surface area contributed by atoms with Gasteiger partial charge in [0.2, 0.25) is 10.0 Å². The summed E-state index contributed by atoms with van der Waals surface area (Å²) in [6, 6.07) is 6.49. The first kappa shape index (κ1) is 15.1. The molecule has 0 amide bonds. The molecular formula is C14H23N3O2S. The van der Waals surface area contributed by atoms with E-state index in [-0.39, 0.29) is 0 Å². The van der Waals surface area contributed by atoms with E-state index >= 15 is 0 Å². The second-order valence-electron chi connectivity index (χ2n) is 5.66. The summed E-state index contributed by atoms with van der Waals surface area (Å²) in [5, 5.41) is 3.50. The summed E-state index contributed by atoms with van der Waals surface area (Å²) >= 11 is 0. The number of nitrogens with two attached hydrogens (primary N) is 1. The lowest BCUT2D eigenvalue weighted by Gasteiger charge is -2.27. The number of hydrogen-bond acceptors (Lipinski definition) is 4. The minimum absolute atomic E-state index is 0.344. The van der Waals surface area contributed by atoms with Gasteiger partial charge in [-0.05, 0) is 56.4 Å². The van der Waals surface area contributed by atoms with Crippen molar-refractivity contribution >= 4 is 21.4 Å². The maximum Gasteiger partial charge on any atom is 0.229 e. The first-order valence-corrected chi connectivity index (χ1v) is 8.83. The predicted molar refractivity (Wildman–Crippen MR) is 83.5 cm³/mol. The van der Waals surface area contributed by atoms with Gasteiger partial charge in [0, 0.05) is 17.8 Å². The highest BCUT2D eigenvalue weighted by Gasteiger charge is 2.18. The average molecular weight is 297 g/mol. The second kappa shape index (κ2) is 6.01. The van der Waals surface area contributed by atoms with Gasteiger partial charge in [-0.1, -0.05) is 0 Å². The Kier molecular flexibility index (Phi) is 4.55. The summed E-state index contributed by atoms with van der Waals surface area (Å²) in [4.78, 5) is 0. The second-order valence-corrected chi connectivity index (χ2v) is 7.41. The first-order valence-electron chi connectivity index (χ1n) is 6.94. The highest BCUT2D eigenvalue weighted by molar-refractivity contribution is 7.92. The minimum Gasteiger partial charge on any atom is -0.382 e. The molecule has 112 valence electrons. The van der Waals surface area contributed by atoms with E-state index < -0.39 is 10.0 Å².